The smallest absolute Gasteiger partial charge is 0.167 e. The Balaban J connectivity index is 1.83. The second kappa shape index (κ2) is 5.84. The highest BCUT2D eigenvalue weighted by Gasteiger charge is 2.38. The first-order valence-corrected chi connectivity index (χ1v) is 7.99. The Morgan fingerprint density at radius 2 is 2.05 bits per heavy atom. The summed E-state index contributed by atoms with van der Waals surface area (Å²) in [5, 5.41) is 3.76. The Morgan fingerprint density at radius 1 is 1.29 bits per heavy atom. The summed E-state index contributed by atoms with van der Waals surface area (Å²) < 4.78 is 19.0. The van der Waals surface area contributed by atoms with Crippen LogP contribution in [-0.2, 0) is 0 Å². The van der Waals surface area contributed by atoms with Crippen molar-refractivity contribution in [2.75, 3.05) is 25.1 Å². The number of nitrogens with one attached hydrogen (secondary N) is 1. The highest BCUT2D eigenvalue weighted by Crippen LogP contribution is 2.34. The second-order valence-corrected chi connectivity index (χ2v) is 6.52. The maximum Gasteiger partial charge on any atom is 0.167 e. The number of ether oxygens (including phenoxy) is 1. The van der Waals surface area contributed by atoms with Gasteiger partial charge in [0.1, 0.15) is 0 Å². The summed E-state index contributed by atoms with van der Waals surface area (Å²) in [6, 6.07) is 5.69. The van der Waals surface area contributed by atoms with Crippen LogP contribution in [0.4, 0.5) is 10.1 Å². The molecule has 1 aliphatic heterocycles. The minimum Gasteiger partial charge on any atom is -0.494 e. The van der Waals surface area contributed by atoms with Gasteiger partial charge in [-0.15, -0.1) is 0 Å². The number of nitrogens with zero attached hydrogens (tertiary/aromatic N) is 1. The molecule has 1 unspecified atom stereocenters. The Kier molecular flexibility index (Phi) is 4.07. The van der Waals surface area contributed by atoms with Crippen LogP contribution in [0.3, 0.4) is 0 Å². The van der Waals surface area contributed by atoms with E-state index in [9.17, 15) is 4.39 Å². The molecule has 0 aromatic heterocycles. The Bertz CT molecular complexity index is 500. The molecule has 1 saturated carbocycles. The van der Waals surface area contributed by atoms with Gasteiger partial charge in [-0.2, -0.15) is 0 Å². The molecule has 1 heterocycles. The van der Waals surface area contributed by atoms with E-state index in [1.54, 1.807) is 12.1 Å². The van der Waals surface area contributed by atoms with E-state index in [0.29, 0.717) is 11.8 Å². The van der Waals surface area contributed by atoms with Crippen molar-refractivity contribution in [2.45, 2.75) is 50.6 Å². The number of rotatable bonds is 2. The van der Waals surface area contributed by atoms with E-state index in [1.165, 1.54) is 39.2 Å². The van der Waals surface area contributed by atoms with Crippen molar-refractivity contribution in [1.82, 2.24) is 5.32 Å². The average molecular weight is 292 g/mol. The van der Waals surface area contributed by atoms with Crippen LogP contribution >= 0.6 is 0 Å². The molecular weight excluding hydrogens is 267 g/mol. The normalized spacial score (nSPS) is 25.1. The lowest BCUT2D eigenvalue weighted by Crippen LogP contribution is -2.64. The first kappa shape index (κ1) is 14.6. The molecule has 1 saturated heterocycles. The third kappa shape index (κ3) is 2.86. The Hall–Kier alpha value is -1.29. The van der Waals surface area contributed by atoms with E-state index in [1.807, 2.05) is 6.07 Å². The number of hydrogen-bond acceptors (Lipinski definition) is 3. The summed E-state index contributed by atoms with van der Waals surface area (Å²) in [6.45, 7) is 4.14. The molecule has 1 aliphatic carbocycles. The van der Waals surface area contributed by atoms with Gasteiger partial charge in [-0.25, -0.2) is 4.39 Å². The van der Waals surface area contributed by atoms with Gasteiger partial charge in [0.05, 0.1) is 7.11 Å². The molecule has 0 amide bonds. The minimum atomic E-state index is -0.279. The Labute approximate surface area is 126 Å². The van der Waals surface area contributed by atoms with Gasteiger partial charge < -0.3 is 15.0 Å². The number of methoxy groups -OCH3 is 1. The van der Waals surface area contributed by atoms with E-state index in [2.05, 4.69) is 17.1 Å². The van der Waals surface area contributed by atoms with Crippen LogP contribution in [0.1, 0.15) is 39.0 Å². The van der Waals surface area contributed by atoms with Crippen molar-refractivity contribution in [3.8, 4) is 5.75 Å². The van der Waals surface area contributed by atoms with Crippen LogP contribution in [-0.4, -0.2) is 31.8 Å². The van der Waals surface area contributed by atoms with Crippen molar-refractivity contribution in [3.05, 3.63) is 24.0 Å². The van der Waals surface area contributed by atoms with Gasteiger partial charge in [-0.3, -0.25) is 0 Å². The van der Waals surface area contributed by atoms with Crippen LogP contribution in [0, 0.1) is 5.82 Å². The standard InChI is InChI=1S/C17H25FN2O/c1-13-11-19-17(8-4-3-5-9-17)12-20(13)14-6-7-16(21-2)15(18)10-14/h6-7,10,13,19H,3-5,8-9,11-12H2,1-2H3. The third-order valence-corrected chi connectivity index (χ3v) is 5.06. The van der Waals surface area contributed by atoms with Gasteiger partial charge in [-0.1, -0.05) is 19.3 Å². The summed E-state index contributed by atoms with van der Waals surface area (Å²) in [7, 11) is 1.50. The predicted molar refractivity (Wildman–Crippen MR) is 83.6 cm³/mol. The van der Waals surface area contributed by atoms with Crippen LogP contribution < -0.4 is 15.0 Å². The SMILES string of the molecule is COc1ccc(N2CC3(CCCCC3)NCC2C)cc1F. The molecule has 3 nitrogen and oxygen atoms in total. The molecule has 21 heavy (non-hydrogen) atoms. The third-order valence-electron chi connectivity index (χ3n) is 5.06. The highest BCUT2D eigenvalue weighted by molar-refractivity contribution is 5.51. The number of anilines is 1. The van der Waals surface area contributed by atoms with E-state index >= 15 is 0 Å². The van der Waals surface area contributed by atoms with E-state index in [4.69, 9.17) is 4.74 Å². The molecule has 1 spiro atoms. The van der Waals surface area contributed by atoms with Crippen LogP contribution in [0.5, 0.6) is 5.75 Å². The lowest BCUT2D eigenvalue weighted by atomic mass is 9.79. The van der Waals surface area contributed by atoms with Crippen molar-refractivity contribution < 1.29 is 9.13 Å². The van der Waals surface area contributed by atoms with Gasteiger partial charge in [0, 0.05) is 36.4 Å². The van der Waals surface area contributed by atoms with Gasteiger partial charge >= 0.3 is 0 Å². The zero-order valence-electron chi connectivity index (χ0n) is 13.0. The second-order valence-electron chi connectivity index (χ2n) is 6.52. The number of halogens is 1. The maximum atomic E-state index is 14.0. The fraction of sp³-hybridized carbons (Fsp3) is 0.647. The molecule has 1 aromatic rings. The quantitative estimate of drug-likeness (QED) is 0.905. The van der Waals surface area contributed by atoms with Gasteiger partial charge in [0.2, 0.25) is 0 Å². The van der Waals surface area contributed by atoms with Crippen molar-refractivity contribution in [3.63, 3.8) is 0 Å². The first-order valence-electron chi connectivity index (χ1n) is 7.99. The molecule has 1 atom stereocenters. The molecule has 2 fully saturated rings. The molecule has 2 aliphatic rings. The number of piperazine rings is 1. The van der Waals surface area contributed by atoms with E-state index in [-0.39, 0.29) is 11.4 Å². The number of benzene rings is 1. The maximum absolute atomic E-state index is 14.0. The largest absolute Gasteiger partial charge is 0.494 e. The summed E-state index contributed by atoms with van der Waals surface area (Å²) in [6.07, 6.45) is 6.40. The van der Waals surface area contributed by atoms with Gasteiger partial charge in [-0.05, 0) is 31.9 Å². The van der Waals surface area contributed by atoms with E-state index in [0.717, 1.165) is 18.8 Å². The Morgan fingerprint density at radius 3 is 2.71 bits per heavy atom. The molecule has 1 aromatic carbocycles. The molecule has 4 heteroatoms. The molecule has 0 bridgehead atoms. The number of hydrogen-bond donors (Lipinski definition) is 1. The van der Waals surface area contributed by atoms with Gasteiger partial charge in [0.25, 0.3) is 0 Å². The minimum absolute atomic E-state index is 0.223. The zero-order chi connectivity index (χ0) is 14.9. The average Bonchev–Trinajstić information content (AvgIpc) is 2.51. The zero-order valence-corrected chi connectivity index (χ0v) is 13.0. The molecular formula is C17H25FN2O. The fourth-order valence-electron chi connectivity index (χ4n) is 3.76. The van der Waals surface area contributed by atoms with Crippen molar-refractivity contribution >= 4 is 5.69 Å². The van der Waals surface area contributed by atoms with Crippen molar-refractivity contribution in [1.29, 1.82) is 0 Å². The topological polar surface area (TPSA) is 24.5 Å². The van der Waals surface area contributed by atoms with Gasteiger partial charge in [0.15, 0.2) is 11.6 Å². The summed E-state index contributed by atoms with van der Waals surface area (Å²) >= 11 is 0. The molecule has 116 valence electrons. The highest BCUT2D eigenvalue weighted by atomic mass is 19.1. The van der Waals surface area contributed by atoms with Crippen LogP contribution in [0.15, 0.2) is 18.2 Å². The molecule has 1 N–H and O–H groups in total. The lowest BCUT2D eigenvalue weighted by Gasteiger charge is -2.50. The van der Waals surface area contributed by atoms with Crippen LogP contribution in [0.2, 0.25) is 0 Å². The molecule has 3 rings (SSSR count). The predicted octanol–water partition coefficient (Wildman–Crippen LogP) is 3.34. The molecule has 0 radical (unpaired) electrons. The summed E-state index contributed by atoms with van der Waals surface area (Å²) in [5.74, 6) is 0.0346. The summed E-state index contributed by atoms with van der Waals surface area (Å²) in [5.41, 5.74) is 1.19. The lowest BCUT2D eigenvalue weighted by molar-refractivity contribution is 0.200. The first-order chi connectivity index (χ1) is 10.1. The fourth-order valence-corrected chi connectivity index (χ4v) is 3.76. The van der Waals surface area contributed by atoms with Crippen LogP contribution in [0.25, 0.3) is 0 Å². The summed E-state index contributed by atoms with van der Waals surface area (Å²) in [4.78, 5) is 2.35. The van der Waals surface area contributed by atoms with Crippen molar-refractivity contribution in [2.24, 2.45) is 0 Å². The monoisotopic (exact) mass is 292 g/mol. The van der Waals surface area contributed by atoms with E-state index < -0.39 is 0 Å².